The number of hydrogen-bond donors (Lipinski definition) is 0. The van der Waals surface area contributed by atoms with E-state index in [1.807, 2.05) is 0 Å². The molecule has 0 aliphatic heterocycles. The van der Waals surface area contributed by atoms with Crippen molar-refractivity contribution in [1.29, 1.82) is 0 Å². The predicted octanol–water partition coefficient (Wildman–Crippen LogP) is 5.69. The molecule has 0 aliphatic rings. The first-order valence-corrected chi connectivity index (χ1v) is 7.02. The molecule has 0 aliphatic carbocycles. The van der Waals surface area contributed by atoms with Crippen molar-refractivity contribution in [1.82, 2.24) is 0 Å². The summed E-state index contributed by atoms with van der Waals surface area (Å²) in [6, 6.07) is 0. The summed E-state index contributed by atoms with van der Waals surface area (Å²) in [5.74, 6) is 2.52. The standard InChI is InChI=1S/C16H32/c1-8-14(5)15(6)11-13(4)12-16(7,9-2)10-3/h9,13-15H,2,8,10-12H2,1,3-7H3. The van der Waals surface area contributed by atoms with E-state index in [2.05, 4.69) is 54.2 Å². The van der Waals surface area contributed by atoms with Crippen LogP contribution >= 0.6 is 0 Å². The first kappa shape index (κ1) is 15.7. The fraction of sp³-hybridized carbons (Fsp3) is 0.875. The van der Waals surface area contributed by atoms with Gasteiger partial charge in [0.25, 0.3) is 0 Å². The Bertz CT molecular complexity index is 194. The van der Waals surface area contributed by atoms with Gasteiger partial charge < -0.3 is 0 Å². The predicted molar refractivity (Wildman–Crippen MR) is 75.6 cm³/mol. The second-order valence-corrected chi connectivity index (χ2v) is 6.12. The van der Waals surface area contributed by atoms with E-state index in [0.29, 0.717) is 5.41 Å². The minimum atomic E-state index is 0.342. The molecule has 0 aromatic heterocycles. The fourth-order valence-electron chi connectivity index (χ4n) is 2.52. The molecule has 0 bridgehead atoms. The van der Waals surface area contributed by atoms with Gasteiger partial charge in [0, 0.05) is 0 Å². The molecule has 4 unspecified atom stereocenters. The van der Waals surface area contributed by atoms with E-state index in [4.69, 9.17) is 0 Å². The molecule has 0 rings (SSSR count). The van der Waals surface area contributed by atoms with Crippen LogP contribution in [0.2, 0.25) is 0 Å². The molecule has 0 saturated carbocycles. The summed E-state index contributed by atoms with van der Waals surface area (Å²) < 4.78 is 0. The first-order chi connectivity index (χ1) is 7.38. The van der Waals surface area contributed by atoms with Gasteiger partial charge in [-0.25, -0.2) is 0 Å². The lowest BCUT2D eigenvalue weighted by Gasteiger charge is -2.30. The SMILES string of the molecule is C=CC(C)(CC)CC(C)CC(C)C(C)CC. The summed E-state index contributed by atoms with van der Waals surface area (Å²) in [7, 11) is 0. The second kappa shape index (κ2) is 7.14. The molecule has 16 heavy (non-hydrogen) atoms. The maximum atomic E-state index is 3.99. The lowest BCUT2D eigenvalue weighted by molar-refractivity contribution is 0.244. The van der Waals surface area contributed by atoms with Crippen LogP contribution in [0.1, 0.15) is 67.2 Å². The van der Waals surface area contributed by atoms with E-state index in [1.165, 1.54) is 25.7 Å². The topological polar surface area (TPSA) is 0 Å². The van der Waals surface area contributed by atoms with E-state index >= 15 is 0 Å². The Balaban J connectivity index is 4.16. The van der Waals surface area contributed by atoms with Crippen LogP contribution < -0.4 is 0 Å². The highest BCUT2D eigenvalue weighted by Gasteiger charge is 2.23. The smallest absolute Gasteiger partial charge is 0.0149 e. The molecule has 0 fully saturated rings. The molecule has 0 heteroatoms. The molecular formula is C16H32. The normalized spacial score (nSPS) is 20.9. The molecule has 0 amide bonds. The Morgan fingerprint density at radius 3 is 2.06 bits per heavy atom. The third-order valence-electron chi connectivity index (χ3n) is 4.50. The lowest BCUT2D eigenvalue weighted by atomic mass is 9.75. The highest BCUT2D eigenvalue weighted by atomic mass is 14.3. The molecule has 0 nitrogen and oxygen atoms in total. The maximum absolute atomic E-state index is 3.99. The monoisotopic (exact) mass is 224 g/mol. The molecule has 0 radical (unpaired) electrons. The maximum Gasteiger partial charge on any atom is -0.0149 e. The van der Waals surface area contributed by atoms with E-state index < -0.39 is 0 Å². The van der Waals surface area contributed by atoms with Gasteiger partial charge in [0.15, 0.2) is 0 Å². The largest absolute Gasteiger partial charge is 0.103 e. The van der Waals surface area contributed by atoms with Gasteiger partial charge in [-0.1, -0.05) is 54.0 Å². The fourth-order valence-corrected chi connectivity index (χ4v) is 2.52. The quantitative estimate of drug-likeness (QED) is 0.465. The van der Waals surface area contributed by atoms with Gasteiger partial charge in [-0.05, 0) is 42.4 Å². The number of rotatable bonds is 8. The zero-order valence-electron chi connectivity index (χ0n) is 12.3. The van der Waals surface area contributed by atoms with E-state index in [1.54, 1.807) is 0 Å². The van der Waals surface area contributed by atoms with E-state index in [0.717, 1.165) is 17.8 Å². The van der Waals surface area contributed by atoms with Crippen molar-refractivity contribution in [2.24, 2.45) is 23.2 Å². The van der Waals surface area contributed by atoms with Crippen LogP contribution in [0.25, 0.3) is 0 Å². The van der Waals surface area contributed by atoms with Crippen LogP contribution in [0.5, 0.6) is 0 Å². The summed E-state index contributed by atoms with van der Waals surface area (Å²) in [6.07, 6.45) is 7.31. The van der Waals surface area contributed by atoms with Crippen molar-refractivity contribution >= 4 is 0 Å². The molecular weight excluding hydrogens is 192 g/mol. The third-order valence-corrected chi connectivity index (χ3v) is 4.50. The average Bonchev–Trinajstić information content (AvgIpc) is 2.27. The Hall–Kier alpha value is -0.260. The second-order valence-electron chi connectivity index (χ2n) is 6.12. The highest BCUT2D eigenvalue weighted by Crippen LogP contribution is 2.34. The summed E-state index contributed by atoms with van der Waals surface area (Å²) in [4.78, 5) is 0. The van der Waals surface area contributed by atoms with Crippen LogP contribution in [0.15, 0.2) is 12.7 Å². The van der Waals surface area contributed by atoms with Crippen molar-refractivity contribution in [2.45, 2.75) is 67.2 Å². The van der Waals surface area contributed by atoms with Crippen molar-refractivity contribution in [3.05, 3.63) is 12.7 Å². The molecule has 0 aromatic carbocycles. The van der Waals surface area contributed by atoms with Gasteiger partial charge in [-0.2, -0.15) is 0 Å². The highest BCUT2D eigenvalue weighted by molar-refractivity contribution is 4.91. The van der Waals surface area contributed by atoms with Gasteiger partial charge in [-0.3, -0.25) is 0 Å². The van der Waals surface area contributed by atoms with Crippen molar-refractivity contribution in [3.63, 3.8) is 0 Å². The van der Waals surface area contributed by atoms with E-state index in [-0.39, 0.29) is 0 Å². The zero-order valence-corrected chi connectivity index (χ0v) is 12.3. The average molecular weight is 224 g/mol. The van der Waals surface area contributed by atoms with Crippen LogP contribution in [0, 0.1) is 23.2 Å². The molecule has 0 N–H and O–H groups in total. The first-order valence-electron chi connectivity index (χ1n) is 7.02. The summed E-state index contributed by atoms with van der Waals surface area (Å²) in [5, 5.41) is 0. The summed E-state index contributed by atoms with van der Waals surface area (Å²) in [5.41, 5.74) is 0.342. The Labute approximate surface area is 104 Å². The molecule has 4 atom stereocenters. The van der Waals surface area contributed by atoms with Gasteiger partial charge in [0.05, 0.1) is 0 Å². The Kier molecular flexibility index (Phi) is 7.03. The van der Waals surface area contributed by atoms with Crippen molar-refractivity contribution in [2.75, 3.05) is 0 Å². The number of allylic oxidation sites excluding steroid dienone is 1. The van der Waals surface area contributed by atoms with Gasteiger partial charge in [0.2, 0.25) is 0 Å². The van der Waals surface area contributed by atoms with Crippen LogP contribution in [0.3, 0.4) is 0 Å². The molecule has 96 valence electrons. The zero-order chi connectivity index (χ0) is 12.8. The third kappa shape index (κ3) is 5.18. The van der Waals surface area contributed by atoms with Crippen LogP contribution in [0.4, 0.5) is 0 Å². The van der Waals surface area contributed by atoms with Crippen LogP contribution in [-0.2, 0) is 0 Å². The van der Waals surface area contributed by atoms with Gasteiger partial charge >= 0.3 is 0 Å². The molecule has 0 saturated heterocycles. The molecule has 0 spiro atoms. The van der Waals surface area contributed by atoms with Gasteiger partial charge in [0.1, 0.15) is 0 Å². The minimum absolute atomic E-state index is 0.342. The van der Waals surface area contributed by atoms with Gasteiger partial charge in [-0.15, -0.1) is 6.58 Å². The molecule has 0 heterocycles. The van der Waals surface area contributed by atoms with Crippen molar-refractivity contribution < 1.29 is 0 Å². The Morgan fingerprint density at radius 1 is 1.12 bits per heavy atom. The van der Waals surface area contributed by atoms with Crippen LogP contribution in [-0.4, -0.2) is 0 Å². The summed E-state index contributed by atoms with van der Waals surface area (Å²) >= 11 is 0. The van der Waals surface area contributed by atoms with E-state index in [9.17, 15) is 0 Å². The van der Waals surface area contributed by atoms with Crippen molar-refractivity contribution in [3.8, 4) is 0 Å². The summed E-state index contributed by atoms with van der Waals surface area (Å²) in [6.45, 7) is 18.1. The molecule has 0 aromatic rings. The lowest BCUT2D eigenvalue weighted by Crippen LogP contribution is -2.19. The minimum Gasteiger partial charge on any atom is -0.103 e. The Morgan fingerprint density at radius 2 is 1.69 bits per heavy atom. The number of hydrogen-bond acceptors (Lipinski definition) is 0.